The molecular formula is C8H9N3OS. The molecule has 0 aliphatic rings. The quantitative estimate of drug-likeness (QED) is 0.816. The van der Waals surface area contributed by atoms with Gasteiger partial charge in [-0.2, -0.15) is 0 Å². The number of aromatic nitrogens is 2. The van der Waals surface area contributed by atoms with Crippen LogP contribution in [-0.2, 0) is 0 Å². The first-order valence-corrected chi connectivity index (χ1v) is 4.88. The molecule has 2 heterocycles. The molecule has 0 saturated carbocycles. The average molecular weight is 195 g/mol. The maximum atomic E-state index is 4.73. The van der Waals surface area contributed by atoms with Crippen molar-refractivity contribution < 1.29 is 4.52 Å². The van der Waals surface area contributed by atoms with Crippen LogP contribution < -0.4 is 5.32 Å². The predicted octanol–water partition coefficient (Wildman–Crippen LogP) is 2.23. The lowest BCUT2D eigenvalue weighted by molar-refractivity contribution is 0.422. The van der Waals surface area contributed by atoms with Crippen molar-refractivity contribution >= 4 is 16.5 Å². The second-order valence-electron chi connectivity index (χ2n) is 2.45. The molecule has 0 bridgehead atoms. The third-order valence-electron chi connectivity index (χ3n) is 1.53. The van der Waals surface area contributed by atoms with Crippen LogP contribution in [0.3, 0.4) is 0 Å². The third kappa shape index (κ3) is 1.70. The molecule has 0 spiro atoms. The van der Waals surface area contributed by atoms with E-state index in [0.717, 1.165) is 23.1 Å². The van der Waals surface area contributed by atoms with Gasteiger partial charge in [-0.15, -0.1) is 11.3 Å². The zero-order valence-electron chi connectivity index (χ0n) is 7.15. The van der Waals surface area contributed by atoms with E-state index in [9.17, 15) is 0 Å². The van der Waals surface area contributed by atoms with Crippen LogP contribution in [0.1, 0.15) is 6.92 Å². The van der Waals surface area contributed by atoms with E-state index >= 15 is 0 Å². The third-order valence-corrected chi connectivity index (χ3v) is 2.33. The largest absolute Gasteiger partial charge is 0.364 e. The highest BCUT2D eigenvalue weighted by molar-refractivity contribution is 7.14. The van der Waals surface area contributed by atoms with Gasteiger partial charge in [-0.25, -0.2) is 4.98 Å². The molecule has 0 aromatic carbocycles. The summed E-state index contributed by atoms with van der Waals surface area (Å²) in [7, 11) is 0. The molecule has 0 radical (unpaired) electrons. The molecule has 0 fully saturated rings. The van der Waals surface area contributed by atoms with Crippen LogP contribution in [0.5, 0.6) is 0 Å². The van der Waals surface area contributed by atoms with E-state index in [1.165, 1.54) is 0 Å². The summed E-state index contributed by atoms with van der Waals surface area (Å²) in [5.74, 6) is 0. The summed E-state index contributed by atoms with van der Waals surface area (Å²) in [5, 5.41) is 9.81. The molecule has 0 aliphatic carbocycles. The normalized spacial score (nSPS) is 10.2. The Balaban J connectivity index is 2.23. The van der Waals surface area contributed by atoms with Gasteiger partial charge in [-0.3, -0.25) is 0 Å². The number of thiazole rings is 1. The first-order valence-electron chi connectivity index (χ1n) is 4.00. The summed E-state index contributed by atoms with van der Waals surface area (Å²) in [6.45, 7) is 2.92. The Morgan fingerprint density at radius 2 is 2.46 bits per heavy atom. The van der Waals surface area contributed by atoms with Crippen molar-refractivity contribution in [3.8, 4) is 11.4 Å². The average Bonchev–Trinajstić information content (AvgIpc) is 2.70. The highest BCUT2D eigenvalue weighted by Gasteiger charge is 2.05. The van der Waals surface area contributed by atoms with Crippen molar-refractivity contribution in [1.29, 1.82) is 0 Å². The summed E-state index contributed by atoms with van der Waals surface area (Å²) in [4.78, 5) is 4.33. The van der Waals surface area contributed by atoms with E-state index in [4.69, 9.17) is 4.52 Å². The summed E-state index contributed by atoms with van der Waals surface area (Å²) < 4.78 is 4.73. The fraction of sp³-hybridized carbons (Fsp3) is 0.250. The lowest BCUT2D eigenvalue weighted by atomic mass is 10.3. The van der Waals surface area contributed by atoms with E-state index < -0.39 is 0 Å². The molecule has 4 nitrogen and oxygen atoms in total. The molecular weight excluding hydrogens is 186 g/mol. The smallest absolute Gasteiger partial charge is 0.183 e. The monoisotopic (exact) mass is 195 g/mol. The van der Waals surface area contributed by atoms with Gasteiger partial charge in [0.05, 0.1) is 0 Å². The maximum Gasteiger partial charge on any atom is 0.183 e. The molecule has 2 rings (SSSR count). The van der Waals surface area contributed by atoms with Crippen LogP contribution in [0, 0.1) is 0 Å². The van der Waals surface area contributed by atoms with Crippen LogP contribution in [0.4, 0.5) is 5.13 Å². The van der Waals surface area contributed by atoms with E-state index in [1.807, 2.05) is 12.3 Å². The molecule has 68 valence electrons. The van der Waals surface area contributed by atoms with Crippen LogP contribution in [0.15, 0.2) is 22.2 Å². The van der Waals surface area contributed by atoms with E-state index in [1.54, 1.807) is 23.7 Å². The molecule has 0 atom stereocenters. The maximum absolute atomic E-state index is 4.73. The number of nitrogens with zero attached hydrogens (tertiary/aromatic N) is 2. The van der Waals surface area contributed by atoms with Crippen molar-refractivity contribution in [3.63, 3.8) is 0 Å². The summed E-state index contributed by atoms with van der Waals surface area (Å²) in [6, 6.07) is 1.80. The fourth-order valence-corrected chi connectivity index (χ4v) is 1.74. The standard InChI is InChI=1S/C8H9N3OS/c1-2-9-8-10-7(5-13-8)6-3-4-12-11-6/h3-5H,2H2,1H3,(H,9,10). The number of anilines is 1. The minimum Gasteiger partial charge on any atom is -0.364 e. The Bertz CT molecular complexity index is 368. The molecule has 2 aromatic heterocycles. The zero-order valence-corrected chi connectivity index (χ0v) is 7.97. The van der Waals surface area contributed by atoms with Crippen molar-refractivity contribution in [1.82, 2.24) is 10.1 Å². The number of rotatable bonds is 3. The molecule has 0 saturated heterocycles. The van der Waals surface area contributed by atoms with Gasteiger partial charge < -0.3 is 9.84 Å². The molecule has 5 heteroatoms. The predicted molar refractivity (Wildman–Crippen MR) is 51.8 cm³/mol. The van der Waals surface area contributed by atoms with Crippen LogP contribution in [0.25, 0.3) is 11.4 Å². The van der Waals surface area contributed by atoms with Gasteiger partial charge in [0, 0.05) is 18.0 Å². The van der Waals surface area contributed by atoms with E-state index in [2.05, 4.69) is 15.5 Å². The highest BCUT2D eigenvalue weighted by atomic mass is 32.1. The van der Waals surface area contributed by atoms with Crippen molar-refractivity contribution in [2.24, 2.45) is 0 Å². The molecule has 13 heavy (non-hydrogen) atoms. The van der Waals surface area contributed by atoms with Gasteiger partial charge in [0.15, 0.2) is 5.13 Å². The van der Waals surface area contributed by atoms with Gasteiger partial charge in [0.2, 0.25) is 0 Å². The Morgan fingerprint density at radius 1 is 1.54 bits per heavy atom. The Hall–Kier alpha value is -1.36. The SMILES string of the molecule is CCNc1nc(-c2ccon2)cs1. The van der Waals surface area contributed by atoms with Crippen molar-refractivity contribution in [2.75, 3.05) is 11.9 Å². The Morgan fingerprint density at radius 3 is 3.15 bits per heavy atom. The number of hydrogen-bond donors (Lipinski definition) is 1. The number of hydrogen-bond acceptors (Lipinski definition) is 5. The zero-order chi connectivity index (χ0) is 9.10. The van der Waals surface area contributed by atoms with E-state index in [-0.39, 0.29) is 0 Å². The van der Waals surface area contributed by atoms with Crippen LogP contribution in [0.2, 0.25) is 0 Å². The fourth-order valence-electron chi connectivity index (χ4n) is 0.968. The molecule has 0 unspecified atom stereocenters. The van der Waals surface area contributed by atoms with E-state index in [0.29, 0.717) is 0 Å². The topological polar surface area (TPSA) is 51.0 Å². The first-order chi connectivity index (χ1) is 6.40. The second kappa shape index (κ2) is 3.57. The first kappa shape index (κ1) is 8.25. The van der Waals surface area contributed by atoms with Crippen LogP contribution in [-0.4, -0.2) is 16.7 Å². The lowest BCUT2D eigenvalue weighted by Crippen LogP contribution is -1.94. The van der Waals surface area contributed by atoms with Gasteiger partial charge in [-0.1, -0.05) is 5.16 Å². The van der Waals surface area contributed by atoms with Gasteiger partial charge in [0.25, 0.3) is 0 Å². The molecule has 2 aromatic rings. The summed E-state index contributed by atoms with van der Waals surface area (Å²) in [5.41, 5.74) is 1.63. The number of nitrogens with one attached hydrogen (secondary N) is 1. The second-order valence-corrected chi connectivity index (χ2v) is 3.31. The van der Waals surface area contributed by atoms with Gasteiger partial charge in [-0.05, 0) is 6.92 Å². The minimum absolute atomic E-state index is 0.778. The lowest BCUT2D eigenvalue weighted by Gasteiger charge is -1.93. The van der Waals surface area contributed by atoms with Crippen LogP contribution >= 0.6 is 11.3 Å². The van der Waals surface area contributed by atoms with Gasteiger partial charge >= 0.3 is 0 Å². The summed E-state index contributed by atoms with van der Waals surface area (Å²) >= 11 is 1.57. The Kier molecular flexibility index (Phi) is 2.27. The molecule has 0 aliphatic heterocycles. The van der Waals surface area contributed by atoms with Crippen molar-refractivity contribution in [3.05, 3.63) is 17.7 Å². The molecule has 1 N–H and O–H groups in total. The van der Waals surface area contributed by atoms with Gasteiger partial charge in [0.1, 0.15) is 17.7 Å². The van der Waals surface area contributed by atoms with Crippen molar-refractivity contribution in [2.45, 2.75) is 6.92 Å². The summed E-state index contributed by atoms with van der Waals surface area (Å²) in [6.07, 6.45) is 1.54. The Labute approximate surface area is 79.6 Å². The highest BCUT2D eigenvalue weighted by Crippen LogP contribution is 2.22. The minimum atomic E-state index is 0.778. The molecule has 0 amide bonds.